The van der Waals surface area contributed by atoms with E-state index in [1.54, 1.807) is 25.1 Å². The molecule has 1 saturated heterocycles. The van der Waals surface area contributed by atoms with E-state index >= 15 is 0 Å². The fourth-order valence-corrected chi connectivity index (χ4v) is 2.10. The van der Waals surface area contributed by atoms with Crippen molar-refractivity contribution >= 4 is 5.97 Å². The summed E-state index contributed by atoms with van der Waals surface area (Å²) in [4.78, 5) is 10.8. The van der Waals surface area contributed by atoms with Gasteiger partial charge in [0, 0.05) is 18.2 Å². The molecule has 16 heavy (non-hydrogen) atoms. The lowest BCUT2D eigenvalue weighted by atomic mass is 9.98. The summed E-state index contributed by atoms with van der Waals surface area (Å²) < 4.78 is 13.8. The van der Waals surface area contributed by atoms with Gasteiger partial charge in [-0.1, -0.05) is 18.2 Å². The van der Waals surface area contributed by atoms with Gasteiger partial charge in [0.1, 0.15) is 5.82 Å². The van der Waals surface area contributed by atoms with Crippen LogP contribution in [0.5, 0.6) is 0 Å². The Kier molecular flexibility index (Phi) is 2.92. The van der Waals surface area contributed by atoms with Crippen LogP contribution >= 0.6 is 0 Å². The van der Waals surface area contributed by atoms with Crippen LogP contribution in [-0.4, -0.2) is 17.6 Å². The van der Waals surface area contributed by atoms with E-state index in [0.717, 1.165) is 0 Å². The lowest BCUT2D eigenvalue weighted by Crippen LogP contribution is -2.17. The van der Waals surface area contributed by atoms with Gasteiger partial charge >= 0.3 is 5.97 Å². The summed E-state index contributed by atoms with van der Waals surface area (Å²) in [5.74, 6) is -1.46. The lowest BCUT2D eigenvalue weighted by molar-refractivity contribution is -0.141. The molecule has 0 radical (unpaired) electrons. The van der Waals surface area contributed by atoms with Crippen LogP contribution in [0.1, 0.15) is 23.6 Å². The quantitative estimate of drug-likeness (QED) is 0.804. The molecule has 86 valence electrons. The third-order valence-electron chi connectivity index (χ3n) is 3.08. The Morgan fingerprint density at radius 2 is 2.31 bits per heavy atom. The van der Waals surface area contributed by atoms with Crippen molar-refractivity contribution in [2.24, 2.45) is 5.92 Å². The smallest absolute Gasteiger partial charge is 0.307 e. The number of aryl methyl sites for hydroxylation is 1. The molecule has 3 nitrogen and oxygen atoms in total. The minimum atomic E-state index is -0.817. The van der Waals surface area contributed by atoms with E-state index in [1.807, 2.05) is 0 Å². The molecule has 0 aliphatic carbocycles. The van der Waals surface area contributed by atoms with Gasteiger partial charge in [-0.3, -0.25) is 4.79 Å². The zero-order chi connectivity index (χ0) is 11.7. The van der Waals surface area contributed by atoms with Crippen molar-refractivity contribution < 1.29 is 14.3 Å². The molecular formula is C12H14FNO2. The number of aliphatic carboxylic acids is 1. The van der Waals surface area contributed by atoms with Gasteiger partial charge in [0.15, 0.2) is 0 Å². The number of carbonyl (C=O) groups is 1. The highest BCUT2D eigenvalue weighted by molar-refractivity contribution is 5.70. The van der Waals surface area contributed by atoms with E-state index in [4.69, 9.17) is 5.11 Å². The van der Waals surface area contributed by atoms with Gasteiger partial charge in [0.05, 0.1) is 5.92 Å². The topological polar surface area (TPSA) is 49.3 Å². The van der Waals surface area contributed by atoms with Crippen LogP contribution in [0.4, 0.5) is 4.39 Å². The van der Waals surface area contributed by atoms with Crippen LogP contribution in [0, 0.1) is 18.7 Å². The molecule has 0 aromatic heterocycles. The molecule has 0 saturated carbocycles. The number of rotatable bonds is 2. The fourth-order valence-electron chi connectivity index (χ4n) is 2.10. The normalized spacial score (nSPS) is 24.6. The Labute approximate surface area is 93.3 Å². The second kappa shape index (κ2) is 4.22. The van der Waals surface area contributed by atoms with E-state index in [9.17, 15) is 9.18 Å². The summed E-state index contributed by atoms with van der Waals surface area (Å²) in [6.45, 7) is 2.12. The van der Waals surface area contributed by atoms with Gasteiger partial charge in [-0.15, -0.1) is 0 Å². The molecule has 2 N–H and O–H groups in total. The van der Waals surface area contributed by atoms with Crippen molar-refractivity contribution in [3.05, 3.63) is 35.1 Å². The van der Waals surface area contributed by atoms with Gasteiger partial charge in [0.25, 0.3) is 0 Å². The molecule has 1 aliphatic heterocycles. The molecule has 1 aliphatic rings. The Balaban J connectivity index is 2.21. The predicted octanol–water partition coefficient (Wildman–Crippen LogP) is 1.87. The summed E-state index contributed by atoms with van der Waals surface area (Å²) in [5, 5.41) is 11.9. The molecule has 0 amide bonds. The van der Waals surface area contributed by atoms with E-state index in [1.165, 1.54) is 0 Å². The third kappa shape index (κ3) is 1.93. The van der Waals surface area contributed by atoms with Gasteiger partial charge in [-0.25, -0.2) is 4.39 Å². The van der Waals surface area contributed by atoms with Crippen LogP contribution in [-0.2, 0) is 4.79 Å². The first-order valence-corrected chi connectivity index (χ1v) is 5.31. The average molecular weight is 223 g/mol. The van der Waals surface area contributed by atoms with E-state index in [0.29, 0.717) is 24.1 Å². The van der Waals surface area contributed by atoms with E-state index in [-0.39, 0.29) is 11.9 Å². The molecule has 1 heterocycles. The van der Waals surface area contributed by atoms with Gasteiger partial charge in [-0.2, -0.15) is 0 Å². The molecule has 2 rings (SSSR count). The monoisotopic (exact) mass is 223 g/mol. The predicted molar refractivity (Wildman–Crippen MR) is 57.6 cm³/mol. The van der Waals surface area contributed by atoms with Gasteiger partial charge in [0.2, 0.25) is 0 Å². The SMILES string of the molecule is Cc1cccc(C2CC(C(=O)O)CN2)c1F. The number of benzene rings is 1. The Hall–Kier alpha value is -1.42. The minimum Gasteiger partial charge on any atom is -0.481 e. The third-order valence-corrected chi connectivity index (χ3v) is 3.08. The number of carboxylic acids is 1. The van der Waals surface area contributed by atoms with Crippen molar-refractivity contribution in [1.82, 2.24) is 5.32 Å². The summed E-state index contributed by atoms with van der Waals surface area (Å²) in [5.41, 5.74) is 1.17. The highest BCUT2D eigenvalue weighted by Gasteiger charge is 2.31. The molecule has 1 fully saturated rings. The number of halogens is 1. The minimum absolute atomic E-state index is 0.180. The van der Waals surface area contributed by atoms with Gasteiger partial charge in [-0.05, 0) is 18.9 Å². The Bertz CT molecular complexity index is 419. The summed E-state index contributed by atoms with van der Waals surface area (Å²) >= 11 is 0. The number of hydrogen-bond donors (Lipinski definition) is 2. The van der Waals surface area contributed by atoms with E-state index in [2.05, 4.69) is 5.32 Å². The molecule has 1 aromatic rings. The fraction of sp³-hybridized carbons (Fsp3) is 0.417. The molecule has 0 bridgehead atoms. The first kappa shape index (κ1) is 11.1. The summed E-state index contributed by atoms with van der Waals surface area (Å²) in [6, 6.07) is 5.04. The highest BCUT2D eigenvalue weighted by atomic mass is 19.1. The zero-order valence-corrected chi connectivity index (χ0v) is 9.03. The van der Waals surface area contributed by atoms with Crippen molar-refractivity contribution in [2.45, 2.75) is 19.4 Å². The highest BCUT2D eigenvalue weighted by Crippen LogP contribution is 2.29. The standard InChI is InChI=1S/C12H14FNO2/c1-7-3-2-4-9(11(7)13)10-5-8(6-14-10)12(15)16/h2-4,8,10,14H,5-6H2,1H3,(H,15,16). The van der Waals surface area contributed by atoms with Crippen molar-refractivity contribution in [1.29, 1.82) is 0 Å². The van der Waals surface area contributed by atoms with Crippen LogP contribution in [0.15, 0.2) is 18.2 Å². The maximum absolute atomic E-state index is 13.8. The van der Waals surface area contributed by atoms with Crippen molar-refractivity contribution in [3.63, 3.8) is 0 Å². The summed E-state index contributed by atoms with van der Waals surface area (Å²) in [6.07, 6.45) is 0.454. The van der Waals surface area contributed by atoms with Crippen LogP contribution in [0.3, 0.4) is 0 Å². The first-order valence-electron chi connectivity index (χ1n) is 5.31. The zero-order valence-electron chi connectivity index (χ0n) is 9.03. The first-order chi connectivity index (χ1) is 7.59. The molecule has 1 aromatic carbocycles. The summed E-state index contributed by atoms with van der Waals surface area (Å²) in [7, 11) is 0. The molecule has 4 heteroatoms. The van der Waals surface area contributed by atoms with Crippen molar-refractivity contribution in [3.8, 4) is 0 Å². The van der Waals surface area contributed by atoms with Crippen molar-refractivity contribution in [2.75, 3.05) is 6.54 Å². The largest absolute Gasteiger partial charge is 0.481 e. The van der Waals surface area contributed by atoms with Crippen LogP contribution in [0.2, 0.25) is 0 Å². The number of carboxylic acid groups (broad SMARTS) is 1. The van der Waals surface area contributed by atoms with Gasteiger partial charge < -0.3 is 10.4 Å². The second-order valence-electron chi connectivity index (χ2n) is 4.21. The second-order valence-corrected chi connectivity index (χ2v) is 4.21. The maximum atomic E-state index is 13.8. The number of hydrogen-bond acceptors (Lipinski definition) is 2. The lowest BCUT2D eigenvalue weighted by Gasteiger charge is -2.12. The Morgan fingerprint density at radius 3 is 2.94 bits per heavy atom. The molecular weight excluding hydrogens is 209 g/mol. The molecule has 0 spiro atoms. The van der Waals surface area contributed by atoms with Crippen LogP contribution in [0.25, 0.3) is 0 Å². The molecule has 2 unspecified atom stereocenters. The average Bonchev–Trinajstić information content (AvgIpc) is 2.71. The maximum Gasteiger partial charge on any atom is 0.307 e. The Morgan fingerprint density at radius 1 is 1.56 bits per heavy atom. The number of nitrogens with one attached hydrogen (secondary N) is 1. The van der Waals surface area contributed by atoms with E-state index < -0.39 is 11.9 Å². The molecule has 2 atom stereocenters. The van der Waals surface area contributed by atoms with Crippen LogP contribution < -0.4 is 5.32 Å².